The smallest absolute Gasteiger partial charge is 0.279 e. The van der Waals surface area contributed by atoms with Gasteiger partial charge in [0.1, 0.15) is 6.04 Å². The monoisotopic (exact) mass is 372 g/mol. The molecule has 2 aromatic rings. The quantitative estimate of drug-likeness (QED) is 0.818. The van der Waals surface area contributed by atoms with E-state index in [9.17, 15) is 9.59 Å². The van der Waals surface area contributed by atoms with Gasteiger partial charge in [-0.1, -0.05) is 23.7 Å². The first-order valence-electron chi connectivity index (χ1n) is 8.82. The van der Waals surface area contributed by atoms with Gasteiger partial charge >= 0.3 is 0 Å². The highest BCUT2D eigenvalue weighted by Crippen LogP contribution is 2.23. The molecule has 1 aliphatic rings. The number of carbonyl (C=O) groups is 2. The number of carbonyl (C=O) groups excluding carboxylic acids is 2. The van der Waals surface area contributed by atoms with Crippen molar-refractivity contribution in [2.75, 3.05) is 23.3 Å². The summed E-state index contributed by atoms with van der Waals surface area (Å²) in [5, 5.41) is 5.56. The van der Waals surface area contributed by atoms with Crippen LogP contribution in [-0.2, 0) is 9.59 Å². The van der Waals surface area contributed by atoms with E-state index in [2.05, 4.69) is 5.32 Å². The first kappa shape index (κ1) is 18.4. The Bertz CT molecular complexity index is 792. The molecule has 1 saturated heterocycles. The molecular weight excluding hydrogens is 350 g/mol. The number of amides is 2. The van der Waals surface area contributed by atoms with Gasteiger partial charge in [0, 0.05) is 34.9 Å². The number of rotatable bonds is 6. The molecule has 3 N–H and O–H groups in total. The minimum atomic E-state index is -0.0659. The second kappa shape index (κ2) is 8.34. The van der Waals surface area contributed by atoms with Gasteiger partial charge in [0.05, 0.1) is 0 Å². The van der Waals surface area contributed by atoms with Gasteiger partial charge < -0.3 is 15.5 Å². The first-order valence-corrected chi connectivity index (χ1v) is 9.20. The van der Waals surface area contributed by atoms with Crippen molar-refractivity contribution < 1.29 is 14.9 Å². The predicted octanol–water partition coefficient (Wildman–Crippen LogP) is 2.73. The second-order valence-corrected chi connectivity index (χ2v) is 6.96. The van der Waals surface area contributed by atoms with E-state index in [-0.39, 0.29) is 17.9 Å². The van der Waals surface area contributed by atoms with Crippen LogP contribution >= 0.6 is 11.6 Å². The molecule has 0 radical (unpaired) electrons. The van der Waals surface area contributed by atoms with Crippen LogP contribution < -0.4 is 15.5 Å². The fraction of sp³-hybridized carbons (Fsp3) is 0.300. The van der Waals surface area contributed by atoms with Crippen LogP contribution in [0.5, 0.6) is 0 Å². The molecule has 2 amide bonds. The van der Waals surface area contributed by atoms with E-state index in [0.29, 0.717) is 18.0 Å². The zero-order valence-corrected chi connectivity index (χ0v) is 15.5. The van der Waals surface area contributed by atoms with Crippen molar-refractivity contribution in [2.45, 2.75) is 25.8 Å². The number of anilines is 2. The minimum Gasteiger partial charge on any atom is -0.333 e. The molecule has 1 aliphatic heterocycles. The third-order valence-corrected chi connectivity index (χ3v) is 4.80. The van der Waals surface area contributed by atoms with Crippen LogP contribution in [0.15, 0.2) is 48.5 Å². The van der Waals surface area contributed by atoms with E-state index in [0.717, 1.165) is 29.9 Å². The highest BCUT2D eigenvalue weighted by Gasteiger charge is 2.21. The summed E-state index contributed by atoms with van der Waals surface area (Å²) in [5.74, 6) is 0.0928. The lowest BCUT2D eigenvalue weighted by Gasteiger charge is -2.16. The molecule has 1 atom stereocenters. The van der Waals surface area contributed by atoms with E-state index < -0.39 is 0 Å². The van der Waals surface area contributed by atoms with Gasteiger partial charge in [-0.3, -0.25) is 9.59 Å². The number of benzene rings is 2. The molecule has 2 aromatic carbocycles. The third-order valence-electron chi connectivity index (χ3n) is 4.57. The number of quaternary nitrogens is 1. The van der Waals surface area contributed by atoms with Gasteiger partial charge in [0.15, 0.2) is 6.54 Å². The van der Waals surface area contributed by atoms with Gasteiger partial charge in [0.2, 0.25) is 5.91 Å². The van der Waals surface area contributed by atoms with Crippen molar-refractivity contribution in [3.8, 4) is 0 Å². The standard InChI is InChI=1S/C20H22ClN3O2/c1-14(15-4-2-5-16(21)12-15)22-13-19(25)23-17-7-9-18(10-8-17)24-11-3-6-20(24)26/h2,4-5,7-10,12,14,22H,3,6,11,13H2,1H3,(H,23,25)/p+1/t14-/m0/s1. The maximum atomic E-state index is 12.2. The molecule has 1 fully saturated rings. The molecule has 3 rings (SSSR count). The Labute approximate surface area is 158 Å². The SMILES string of the molecule is C[C@H]([NH2+]CC(=O)Nc1ccc(N2CCCC2=O)cc1)c1cccc(Cl)c1. The number of hydrogen-bond acceptors (Lipinski definition) is 2. The summed E-state index contributed by atoms with van der Waals surface area (Å²) in [6.07, 6.45) is 1.51. The van der Waals surface area contributed by atoms with Crippen LogP contribution in [-0.4, -0.2) is 24.9 Å². The van der Waals surface area contributed by atoms with Crippen molar-refractivity contribution in [1.82, 2.24) is 0 Å². The molecule has 0 unspecified atom stereocenters. The Balaban J connectivity index is 1.51. The van der Waals surface area contributed by atoms with Crippen LogP contribution in [0.2, 0.25) is 5.02 Å². The van der Waals surface area contributed by atoms with E-state index in [1.165, 1.54) is 0 Å². The van der Waals surface area contributed by atoms with Gasteiger partial charge in [-0.25, -0.2) is 0 Å². The van der Waals surface area contributed by atoms with Crippen LogP contribution in [0.25, 0.3) is 0 Å². The molecule has 6 heteroatoms. The zero-order valence-electron chi connectivity index (χ0n) is 14.7. The summed E-state index contributed by atoms with van der Waals surface area (Å²) >= 11 is 6.01. The van der Waals surface area contributed by atoms with E-state index in [4.69, 9.17) is 11.6 Å². The second-order valence-electron chi connectivity index (χ2n) is 6.53. The number of halogens is 1. The van der Waals surface area contributed by atoms with Gasteiger partial charge in [0.25, 0.3) is 5.91 Å². The fourth-order valence-electron chi connectivity index (χ4n) is 3.07. The Morgan fingerprint density at radius 1 is 1.27 bits per heavy atom. The first-order chi connectivity index (χ1) is 12.5. The Morgan fingerprint density at radius 2 is 2.04 bits per heavy atom. The summed E-state index contributed by atoms with van der Waals surface area (Å²) in [6, 6.07) is 15.2. The molecule has 0 spiro atoms. The third kappa shape index (κ3) is 4.62. The van der Waals surface area contributed by atoms with Gasteiger partial charge in [-0.15, -0.1) is 0 Å². The van der Waals surface area contributed by atoms with Crippen molar-refractivity contribution in [1.29, 1.82) is 0 Å². The molecule has 26 heavy (non-hydrogen) atoms. The summed E-state index contributed by atoms with van der Waals surface area (Å²) in [4.78, 5) is 25.7. The minimum absolute atomic E-state index is 0.0659. The fourth-order valence-corrected chi connectivity index (χ4v) is 3.27. The summed E-state index contributed by atoms with van der Waals surface area (Å²) in [7, 11) is 0. The molecule has 0 saturated carbocycles. The molecular formula is C20H23ClN3O2+. The van der Waals surface area contributed by atoms with Crippen molar-refractivity contribution >= 4 is 34.8 Å². The average molecular weight is 373 g/mol. The molecule has 1 heterocycles. The molecule has 0 aromatic heterocycles. The van der Waals surface area contributed by atoms with Crippen LogP contribution in [0.3, 0.4) is 0 Å². The maximum Gasteiger partial charge on any atom is 0.279 e. The van der Waals surface area contributed by atoms with Crippen LogP contribution in [0.4, 0.5) is 11.4 Å². The highest BCUT2D eigenvalue weighted by atomic mass is 35.5. The molecule has 0 bridgehead atoms. The summed E-state index contributed by atoms with van der Waals surface area (Å²) < 4.78 is 0. The largest absolute Gasteiger partial charge is 0.333 e. The van der Waals surface area contributed by atoms with Gasteiger partial charge in [-0.2, -0.15) is 0 Å². The highest BCUT2D eigenvalue weighted by molar-refractivity contribution is 6.30. The lowest BCUT2D eigenvalue weighted by molar-refractivity contribution is -0.682. The van der Waals surface area contributed by atoms with Crippen LogP contribution in [0.1, 0.15) is 31.4 Å². The molecule has 136 valence electrons. The predicted molar refractivity (Wildman–Crippen MR) is 103 cm³/mol. The van der Waals surface area contributed by atoms with E-state index >= 15 is 0 Å². The Morgan fingerprint density at radius 3 is 2.69 bits per heavy atom. The topological polar surface area (TPSA) is 66.0 Å². The van der Waals surface area contributed by atoms with E-state index in [1.54, 1.807) is 4.90 Å². The summed E-state index contributed by atoms with van der Waals surface area (Å²) in [5.41, 5.74) is 2.70. The number of hydrogen-bond donors (Lipinski definition) is 2. The lowest BCUT2D eigenvalue weighted by atomic mass is 10.1. The van der Waals surface area contributed by atoms with Crippen molar-refractivity contribution in [3.05, 3.63) is 59.1 Å². The van der Waals surface area contributed by atoms with Crippen molar-refractivity contribution in [2.24, 2.45) is 0 Å². The zero-order chi connectivity index (χ0) is 18.5. The lowest BCUT2D eigenvalue weighted by Crippen LogP contribution is -2.86. The number of nitrogens with zero attached hydrogens (tertiary/aromatic N) is 1. The molecule has 5 nitrogen and oxygen atoms in total. The Kier molecular flexibility index (Phi) is 5.91. The number of nitrogens with two attached hydrogens (primary N) is 1. The van der Waals surface area contributed by atoms with Crippen LogP contribution in [0, 0.1) is 0 Å². The molecule has 0 aliphatic carbocycles. The van der Waals surface area contributed by atoms with Crippen molar-refractivity contribution in [3.63, 3.8) is 0 Å². The number of nitrogens with one attached hydrogen (secondary N) is 1. The summed E-state index contributed by atoms with van der Waals surface area (Å²) in [6.45, 7) is 3.13. The average Bonchev–Trinajstić information content (AvgIpc) is 3.06. The van der Waals surface area contributed by atoms with E-state index in [1.807, 2.05) is 60.8 Å². The maximum absolute atomic E-state index is 12.2. The Hall–Kier alpha value is -2.37. The van der Waals surface area contributed by atoms with Gasteiger partial charge in [-0.05, 0) is 49.7 Å². The normalized spacial score (nSPS) is 15.2.